The minimum Gasteiger partial charge on any atom is -0.436 e. The van der Waals surface area contributed by atoms with Crippen LogP contribution in [0.2, 0.25) is 0 Å². The van der Waals surface area contributed by atoms with E-state index in [0.29, 0.717) is 44.9 Å². The Hall–Kier alpha value is -6.47. The van der Waals surface area contributed by atoms with Crippen LogP contribution in [0, 0.1) is 26.0 Å². The second-order valence-corrected chi connectivity index (χ2v) is 10.2. The Kier molecular flexibility index (Phi) is 8.62. The molecular formula is C34H24FN5O7. The van der Waals surface area contributed by atoms with Crippen molar-refractivity contribution in [1.29, 1.82) is 0 Å². The number of aromatic nitrogens is 2. The predicted molar refractivity (Wildman–Crippen MR) is 172 cm³/mol. The van der Waals surface area contributed by atoms with Gasteiger partial charge in [-0.25, -0.2) is 9.97 Å². The molecule has 12 nitrogen and oxygen atoms in total. The molecule has 5 aromatic carbocycles. The molecule has 0 saturated carbocycles. The van der Waals surface area contributed by atoms with Crippen molar-refractivity contribution in [3.05, 3.63) is 147 Å². The molecule has 234 valence electrons. The van der Waals surface area contributed by atoms with Crippen LogP contribution in [-0.4, -0.2) is 31.5 Å². The third-order valence-corrected chi connectivity index (χ3v) is 7.13. The molecule has 0 aliphatic rings. The Morgan fingerprint density at radius 3 is 1.74 bits per heavy atom. The standard InChI is InChI=1S/C21H17N3O4.C13H7FN2O3/c25-13-18(14-6-2-1-3-7-14)22-16-11-10-15(12-19(16)24(26)27)21-23-17-8-4-5-9-20(17)28-21;14-9-6-5-8(7-11(9)16(17)18)13-15-10-3-1-2-4-12(10)19-13/h1-12,18,22,25H,13H2;1-7H. The van der Waals surface area contributed by atoms with Crippen LogP contribution in [0.15, 0.2) is 124 Å². The maximum absolute atomic E-state index is 13.2. The second kappa shape index (κ2) is 13.3. The van der Waals surface area contributed by atoms with Crippen LogP contribution in [0.1, 0.15) is 11.6 Å². The van der Waals surface area contributed by atoms with Gasteiger partial charge in [0, 0.05) is 23.3 Å². The van der Waals surface area contributed by atoms with Gasteiger partial charge in [-0.1, -0.05) is 54.6 Å². The van der Waals surface area contributed by atoms with Crippen LogP contribution in [0.5, 0.6) is 0 Å². The van der Waals surface area contributed by atoms with Gasteiger partial charge >= 0.3 is 5.69 Å². The maximum Gasteiger partial charge on any atom is 0.305 e. The molecule has 0 saturated heterocycles. The second-order valence-electron chi connectivity index (χ2n) is 10.2. The third-order valence-electron chi connectivity index (χ3n) is 7.13. The van der Waals surface area contributed by atoms with Crippen molar-refractivity contribution < 1.29 is 28.2 Å². The van der Waals surface area contributed by atoms with Crippen LogP contribution < -0.4 is 5.32 Å². The summed E-state index contributed by atoms with van der Waals surface area (Å²) in [6.45, 7) is -0.200. The molecule has 47 heavy (non-hydrogen) atoms. The monoisotopic (exact) mass is 633 g/mol. The Morgan fingerprint density at radius 1 is 0.702 bits per heavy atom. The molecule has 2 aromatic heterocycles. The number of hydrogen-bond acceptors (Lipinski definition) is 10. The van der Waals surface area contributed by atoms with E-state index in [1.54, 1.807) is 36.4 Å². The summed E-state index contributed by atoms with van der Waals surface area (Å²) in [6.07, 6.45) is 0. The van der Waals surface area contributed by atoms with E-state index in [4.69, 9.17) is 8.83 Å². The van der Waals surface area contributed by atoms with Gasteiger partial charge in [0.1, 0.15) is 16.7 Å². The molecule has 1 unspecified atom stereocenters. The summed E-state index contributed by atoms with van der Waals surface area (Å²) in [7, 11) is 0. The minimum atomic E-state index is -0.884. The molecule has 2 heterocycles. The third kappa shape index (κ3) is 6.65. The summed E-state index contributed by atoms with van der Waals surface area (Å²) in [5, 5.41) is 35.1. The SMILES string of the molecule is O=[N+]([O-])c1cc(-c2nc3ccccc3o2)ccc1F.O=[N+]([O-])c1cc(-c2nc3ccccc3o2)ccc1NC(CO)c1ccccc1. The molecular weight excluding hydrogens is 609 g/mol. The van der Waals surface area contributed by atoms with Crippen molar-refractivity contribution >= 4 is 39.3 Å². The van der Waals surface area contributed by atoms with E-state index in [1.165, 1.54) is 12.1 Å². The van der Waals surface area contributed by atoms with Gasteiger partial charge < -0.3 is 19.3 Å². The number of aliphatic hydroxyl groups excluding tert-OH is 1. The lowest BCUT2D eigenvalue weighted by atomic mass is 10.1. The molecule has 0 fully saturated rings. The van der Waals surface area contributed by atoms with Crippen molar-refractivity contribution in [2.45, 2.75) is 6.04 Å². The summed E-state index contributed by atoms with van der Waals surface area (Å²) in [4.78, 5) is 29.7. The first-order chi connectivity index (χ1) is 22.8. The summed E-state index contributed by atoms with van der Waals surface area (Å²) < 4.78 is 24.4. The summed E-state index contributed by atoms with van der Waals surface area (Å²) in [5.74, 6) is -0.341. The molecule has 13 heteroatoms. The van der Waals surface area contributed by atoms with E-state index in [1.807, 2.05) is 54.6 Å². The molecule has 0 spiro atoms. The Morgan fingerprint density at radius 2 is 1.21 bits per heavy atom. The number of nitrogens with zero attached hydrogens (tertiary/aromatic N) is 4. The molecule has 7 aromatic rings. The number of aliphatic hydroxyl groups is 1. The zero-order valence-corrected chi connectivity index (χ0v) is 24.3. The normalized spacial score (nSPS) is 11.5. The number of hydrogen-bond donors (Lipinski definition) is 2. The first-order valence-corrected chi connectivity index (χ1v) is 14.2. The fourth-order valence-electron chi connectivity index (χ4n) is 4.82. The van der Waals surface area contributed by atoms with Gasteiger partial charge in [-0.15, -0.1) is 0 Å². The van der Waals surface area contributed by atoms with Gasteiger partial charge in [0.15, 0.2) is 11.2 Å². The van der Waals surface area contributed by atoms with Crippen molar-refractivity contribution in [3.8, 4) is 22.9 Å². The highest BCUT2D eigenvalue weighted by atomic mass is 19.1. The molecule has 0 amide bonds. The van der Waals surface area contributed by atoms with Gasteiger partial charge in [0.25, 0.3) is 5.69 Å². The van der Waals surface area contributed by atoms with Crippen LogP contribution in [0.4, 0.5) is 21.5 Å². The molecule has 0 bridgehead atoms. The van der Waals surface area contributed by atoms with Crippen LogP contribution in [0.25, 0.3) is 45.1 Å². The molecule has 0 aliphatic carbocycles. The molecule has 1 atom stereocenters. The van der Waals surface area contributed by atoms with E-state index in [-0.39, 0.29) is 18.2 Å². The lowest BCUT2D eigenvalue weighted by molar-refractivity contribution is -0.387. The number of para-hydroxylation sites is 4. The highest BCUT2D eigenvalue weighted by Gasteiger charge is 2.21. The summed E-state index contributed by atoms with van der Waals surface area (Å²) in [6, 6.07) is 31.5. The van der Waals surface area contributed by atoms with Gasteiger partial charge in [0.05, 0.1) is 22.5 Å². The smallest absolute Gasteiger partial charge is 0.305 e. The van der Waals surface area contributed by atoms with Gasteiger partial charge in [0.2, 0.25) is 17.6 Å². The van der Waals surface area contributed by atoms with E-state index in [2.05, 4.69) is 15.3 Å². The molecule has 7 rings (SSSR count). The summed E-state index contributed by atoms with van der Waals surface area (Å²) in [5.41, 5.74) is 3.83. The van der Waals surface area contributed by atoms with Crippen LogP contribution in [0.3, 0.4) is 0 Å². The average molecular weight is 634 g/mol. The largest absolute Gasteiger partial charge is 0.436 e. The Balaban J connectivity index is 0.000000177. The topological polar surface area (TPSA) is 171 Å². The van der Waals surface area contributed by atoms with Crippen molar-refractivity contribution in [3.63, 3.8) is 0 Å². The van der Waals surface area contributed by atoms with Crippen LogP contribution in [-0.2, 0) is 0 Å². The van der Waals surface area contributed by atoms with Crippen molar-refractivity contribution in [1.82, 2.24) is 9.97 Å². The predicted octanol–water partition coefficient (Wildman–Crippen LogP) is 8.09. The van der Waals surface area contributed by atoms with Gasteiger partial charge in [-0.3, -0.25) is 20.2 Å². The number of nitro groups is 2. The number of oxazole rings is 2. The first-order valence-electron chi connectivity index (χ1n) is 14.2. The van der Waals surface area contributed by atoms with Gasteiger partial charge in [-0.05, 0) is 54.1 Å². The highest BCUT2D eigenvalue weighted by Crippen LogP contribution is 2.34. The summed E-state index contributed by atoms with van der Waals surface area (Å²) >= 11 is 0. The van der Waals surface area contributed by atoms with E-state index in [0.717, 1.165) is 17.7 Å². The minimum absolute atomic E-state index is 0.117. The molecule has 0 radical (unpaired) electrons. The first kappa shape index (κ1) is 30.6. The van der Waals surface area contributed by atoms with E-state index < -0.39 is 27.4 Å². The zero-order chi connectivity index (χ0) is 32.9. The van der Waals surface area contributed by atoms with Crippen LogP contribution >= 0.6 is 0 Å². The average Bonchev–Trinajstić information content (AvgIpc) is 3.73. The van der Waals surface area contributed by atoms with Crippen molar-refractivity contribution in [2.75, 3.05) is 11.9 Å². The van der Waals surface area contributed by atoms with E-state index >= 15 is 0 Å². The van der Waals surface area contributed by atoms with Crippen molar-refractivity contribution in [2.24, 2.45) is 0 Å². The number of halogens is 1. The maximum atomic E-state index is 13.2. The number of fused-ring (bicyclic) bond motifs is 2. The quantitative estimate of drug-likeness (QED) is 0.123. The number of rotatable bonds is 8. The zero-order valence-electron chi connectivity index (χ0n) is 24.3. The Bertz CT molecular complexity index is 2150. The van der Waals surface area contributed by atoms with E-state index in [9.17, 15) is 29.7 Å². The fourth-order valence-corrected chi connectivity index (χ4v) is 4.82. The highest BCUT2D eigenvalue weighted by molar-refractivity contribution is 5.78. The molecule has 0 aliphatic heterocycles. The number of anilines is 1. The molecule has 2 N–H and O–H groups in total. The number of benzene rings is 5. The lowest BCUT2D eigenvalue weighted by Gasteiger charge is -2.18. The number of nitrogens with one attached hydrogen (secondary N) is 1. The lowest BCUT2D eigenvalue weighted by Crippen LogP contribution is -2.15. The fraction of sp³-hybridized carbons (Fsp3) is 0.0588. The Labute approximate surface area is 265 Å². The number of nitro benzene ring substituents is 2. The van der Waals surface area contributed by atoms with Gasteiger partial charge in [-0.2, -0.15) is 4.39 Å².